The summed E-state index contributed by atoms with van der Waals surface area (Å²) in [5.41, 5.74) is 0.777. The van der Waals surface area contributed by atoms with E-state index in [9.17, 15) is 9.59 Å². The molecule has 0 unspecified atom stereocenters. The molecule has 158 valence electrons. The lowest BCUT2D eigenvalue weighted by Gasteiger charge is -2.14. The molecule has 2 aromatic rings. The summed E-state index contributed by atoms with van der Waals surface area (Å²) in [6.45, 7) is 8.07. The minimum Gasteiger partial charge on any atom is -0.491 e. The van der Waals surface area contributed by atoms with Crippen LogP contribution < -0.4 is 20.7 Å². The van der Waals surface area contributed by atoms with E-state index in [1.54, 1.807) is 29.2 Å². The van der Waals surface area contributed by atoms with E-state index >= 15 is 0 Å². The van der Waals surface area contributed by atoms with Gasteiger partial charge >= 0.3 is 6.03 Å². The van der Waals surface area contributed by atoms with Crippen LogP contribution in [0, 0.1) is 6.57 Å². The van der Waals surface area contributed by atoms with Crippen molar-refractivity contribution in [3.63, 3.8) is 0 Å². The summed E-state index contributed by atoms with van der Waals surface area (Å²) in [7, 11) is 3.65. The number of benzene rings is 1. The number of hydrogen-bond donors (Lipinski definition) is 3. The monoisotopic (exact) mass is 430 g/mol. The normalized spacial score (nSPS) is 10.2. The molecular formula is C20H23ClN6O3. The van der Waals surface area contributed by atoms with Gasteiger partial charge in [0.1, 0.15) is 11.6 Å². The molecule has 0 aliphatic heterocycles. The lowest BCUT2D eigenvalue weighted by Crippen LogP contribution is -2.34. The van der Waals surface area contributed by atoms with Crippen LogP contribution in [-0.4, -0.2) is 55.6 Å². The number of nitrogens with one attached hydrogen (secondary N) is 3. The van der Waals surface area contributed by atoms with Crippen molar-refractivity contribution in [2.45, 2.75) is 6.42 Å². The van der Waals surface area contributed by atoms with Gasteiger partial charge < -0.3 is 20.3 Å². The molecule has 3 amide bonds. The Hall–Kier alpha value is -3.35. The van der Waals surface area contributed by atoms with Crippen LogP contribution >= 0.6 is 11.6 Å². The van der Waals surface area contributed by atoms with Gasteiger partial charge in [-0.2, -0.15) is 0 Å². The minimum atomic E-state index is -0.527. The highest BCUT2D eigenvalue weighted by molar-refractivity contribution is 6.31. The molecule has 10 heteroatoms. The van der Waals surface area contributed by atoms with E-state index in [0.29, 0.717) is 54.1 Å². The average Bonchev–Trinajstić information content (AvgIpc) is 2.69. The molecule has 1 aromatic carbocycles. The second-order valence-electron chi connectivity index (χ2n) is 6.52. The van der Waals surface area contributed by atoms with Gasteiger partial charge in [0, 0.05) is 17.8 Å². The van der Waals surface area contributed by atoms with Crippen LogP contribution in [0.15, 0.2) is 36.5 Å². The molecule has 0 spiro atoms. The highest BCUT2D eigenvalue weighted by Gasteiger charge is 2.10. The first-order valence-electron chi connectivity index (χ1n) is 9.12. The van der Waals surface area contributed by atoms with E-state index in [1.807, 2.05) is 14.1 Å². The van der Waals surface area contributed by atoms with Gasteiger partial charge in [-0.1, -0.05) is 17.7 Å². The zero-order valence-electron chi connectivity index (χ0n) is 16.7. The first-order chi connectivity index (χ1) is 14.4. The summed E-state index contributed by atoms with van der Waals surface area (Å²) >= 11 is 6.03. The van der Waals surface area contributed by atoms with Crippen LogP contribution in [0.4, 0.5) is 22.0 Å². The molecule has 0 bridgehead atoms. The van der Waals surface area contributed by atoms with Crippen molar-refractivity contribution in [3.8, 4) is 5.75 Å². The number of carbonyl (C=O) groups excluding carboxylic acids is 2. The molecule has 0 fully saturated rings. The molecule has 0 saturated carbocycles. The van der Waals surface area contributed by atoms with E-state index < -0.39 is 6.03 Å². The molecule has 0 radical (unpaired) electrons. The summed E-state index contributed by atoms with van der Waals surface area (Å²) in [5.74, 6) is 0.701. The summed E-state index contributed by atoms with van der Waals surface area (Å²) in [6.07, 6.45) is 1.97. The second kappa shape index (κ2) is 11.6. The number of nitrogens with zero attached hydrogens (tertiary/aromatic N) is 3. The topological polar surface area (TPSA) is 99.9 Å². The Morgan fingerprint density at radius 2 is 2.03 bits per heavy atom. The van der Waals surface area contributed by atoms with Gasteiger partial charge in [-0.3, -0.25) is 15.1 Å². The largest absolute Gasteiger partial charge is 0.491 e. The van der Waals surface area contributed by atoms with Crippen molar-refractivity contribution in [2.75, 3.05) is 44.4 Å². The van der Waals surface area contributed by atoms with E-state index in [2.05, 4.69) is 25.8 Å². The Labute approximate surface area is 180 Å². The highest BCUT2D eigenvalue weighted by atomic mass is 35.5. The van der Waals surface area contributed by atoms with Gasteiger partial charge in [-0.15, -0.1) is 0 Å². The Kier molecular flexibility index (Phi) is 8.87. The van der Waals surface area contributed by atoms with Crippen molar-refractivity contribution in [3.05, 3.63) is 53.0 Å². The number of hydrogen-bond acceptors (Lipinski definition) is 5. The Morgan fingerprint density at radius 1 is 1.23 bits per heavy atom. The SMILES string of the molecule is [C-]#[N+]c1ccc(NC(=O)Nc2cc(Cl)ccc2OCCCNC(=O)CN(C)C)nc1. The number of amides is 3. The third-order valence-corrected chi connectivity index (χ3v) is 3.90. The molecule has 9 nitrogen and oxygen atoms in total. The molecular weight excluding hydrogens is 408 g/mol. The standard InChI is InChI=1S/C20H23ClN6O3/c1-22-15-6-8-18(24-12-15)26-20(29)25-16-11-14(21)5-7-17(16)30-10-4-9-23-19(28)13-27(2)3/h5-8,11-12H,4,9-10,13H2,2-3H3,(H,23,28)(H2,24,25,26,29). The first kappa shape index (κ1) is 22.9. The Bertz CT molecular complexity index is 912. The van der Waals surface area contributed by atoms with Crippen LogP contribution in [0.25, 0.3) is 4.85 Å². The zero-order chi connectivity index (χ0) is 21.9. The lowest BCUT2D eigenvalue weighted by molar-refractivity contribution is -0.121. The fourth-order valence-corrected chi connectivity index (χ4v) is 2.52. The molecule has 0 saturated heterocycles. The lowest BCUT2D eigenvalue weighted by atomic mass is 10.3. The molecule has 2 rings (SSSR count). The van der Waals surface area contributed by atoms with Crippen LogP contribution in [0.1, 0.15) is 6.42 Å². The summed E-state index contributed by atoms with van der Waals surface area (Å²) < 4.78 is 5.72. The minimum absolute atomic E-state index is 0.0523. The number of aromatic nitrogens is 1. The van der Waals surface area contributed by atoms with Gasteiger partial charge in [0.25, 0.3) is 0 Å². The van der Waals surface area contributed by atoms with Gasteiger partial charge in [0.05, 0.1) is 25.4 Å². The first-order valence-corrected chi connectivity index (χ1v) is 9.50. The predicted molar refractivity (Wildman–Crippen MR) is 116 cm³/mol. The second-order valence-corrected chi connectivity index (χ2v) is 6.96. The van der Waals surface area contributed by atoms with Crippen LogP contribution in [-0.2, 0) is 4.79 Å². The molecule has 0 aliphatic carbocycles. The third-order valence-electron chi connectivity index (χ3n) is 3.67. The van der Waals surface area contributed by atoms with Crippen molar-refractivity contribution >= 4 is 40.7 Å². The quantitative estimate of drug-likeness (QED) is 0.418. The summed E-state index contributed by atoms with van der Waals surface area (Å²) in [6, 6.07) is 7.45. The number of halogens is 1. The van der Waals surface area contributed by atoms with Crippen molar-refractivity contribution < 1.29 is 14.3 Å². The number of ether oxygens (including phenoxy) is 1. The number of likely N-dealkylation sites (N-methyl/N-ethyl adjacent to an activating group) is 1. The molecule has 30 heavy (non-hydrogen) atoms. The average molecular weight is 431 g/mol. The summed E-state index contributed by atoms with van der Waals surface area (Å²) in [4.78, 5) is 32.9. The van der Waals surface area contributed by atoms with E-state index in [4.69, 9.17) is 22.9 Å². The summed E-state index contributed by atoms with van der Waals surface area (Å²) in [5, 5.41) is 8.50. The maximum atomic E-state index is 12.3. The van der Waals surface area contributed by atoms with Crippen LogP contribution in [0.2, 0.25) is 5.02 Å². The third kappa shape index (κ3) is 7.95. The predicted octanol–water partition coefficient (Wildman–Crippen LogP) is 3.38. The Morgan fingerprint density at radius 3 is 2.70 bits per heavy atom. The van der Waals surface area contributed by atoms with Gasteiger partial charge in [0.15, 0.2) is 0 Å². The maximum absolute atomic E-state index is 12.3. The zero-order valence-corrected chi connectivity index (χ0v) is 17.5. The molecule has 0 aliphatic rings. The molecule has 1 aromatic heterocycles. The van der Waals surface area contributed by atoms with E-state index in [1.165, 1.54) is 12.3 Å². The number of pyridine rings is 1. The van der Waals surface area contributed by atoms with Crippen molar-refractivity contribution in [1.82, 2.24) is 15.2 Å². The maximum Gasteiger partial charge on any atom is 0.324 e. The van der Waals surface area contributed by atoms with E-state index in [-0.39, 0.29) is 5.91 Å². The van der Waals surface area contributed by atoms with Crippen LogP contribution in [0.5, 0.6) is 5.75 Å². The number of anilines is 2. The van der Waals surface area contributed by atoms with Gasteiger partial charge in [-0.05, 0) is 44.8 Å². The van der Waals surface area contributed by atoms with Crippen LogP contribution in [0.3, 0.4) is 0 Å². The number of rotatable bonds is 9. The number of urea groups is 1. The fraction of sp³-hybridized carbons (Fsp3) is 0.300. The van der Waals surface area contributed by atoms with Crippen molar-refractivity contribution in [1.29, 1.82) is 0 Å². The molecule has 0 atom stereocenters. The smallest absolute Gasteiger partial charge is 0.324 e. The van der Waals surface area contributed by atoms with Crippen molar-refractivity contribution in [2.24, 2.45) is 0 Å². The number of carbonyl (C=O) groups is 2. The Balaban J connectivity index is 1.87. The molecule has 1 heterocycles. The highest BCUT2D eigenvalue weighted by Crippen LogP contribution is 2.28. The molecule has 3 N–H and O–H groups in total. The van der Waals surface area contributed by atoms with Gasteiger partial charge in [-0.25, -0.2) is 9.64 Å². The van der Waals surface area contributed by atoms with E-state index in [0.717, 1.165) is 0 Å². The fourth-order valence-electron chi connectivity index (χ4n) is 2.35. The van der Waals surface area contributed by atoms with Gasteiger partial charge in [0.2, 0.25) is 11.6 Å².